The highest BCUT2D eigenvalue weighted by Crippen LogP contribution is 2.26. The Morgan fingerprint density at radius 3 is 2.62 bits per heavy atom. The van der Waals surface area contributed by atoms with Gasteiger partial charge in [0.1, 0.15) is 18.2 Å². The number of benzene rings is 1. The number of urea groups is 1. The molecule has 0 fully saturated rings. The number of ether oxygens (including phenoxy) is 2. The van der Waals surface area contributed by atoms with Crippen molar-refractivity contribution in [2.24, 2.45) is 0 Å². The van der Waals surface area contributed by atoms with Crippen LogP contribution < -0.4 is 15.4 Å². The van der Waals surface area contributed by atoms with Gasteiger partial charge in [-0.25, -0.2) is 14.2 Å². The highest BCUT2D eigenvalue weighted by molar-refractivity contribution is 5.92. The second-order valence-corrected chi connectivity index (χ2v) is 7.36. The fraction of sp³-hybridized carbons (Fsp3) is 0.350. The molecule has 0 saturated carbocycles. The first-order chi connectivity index (χ1) is 15.1. The number of hydrogen-bond donors (Lipinski definition) is 4. The molecule has 0 unspecified atom stereocenters. The lowest BCUT2D eigenvalue weighted by molar-refractivity contribution is -0.133. The van der Waals surface area contributed by atoms with E-state index in [9.17, 15) is 23.1 Å². The topological polar surface area (TPSA) is 121 Å². The summed E-state index contributed by atoms with van der Waals surface area (Å²) in [6, 6.07) is 5.45. The van der Waals surface area contributed by atoms with Crippen LogP contribution in [0.3, 0.4) is 0 Å². The number of pyridine rings is 1. The zero-order valence-corrected chi connectivity index (χ0v) is 17.2. The second-order valence-electron chi connectivity index (χ2n) is 7.36. The summed E-state index contributed by atoms with van der Waals surface area (Å²) in [5.41, 5.74) is -0.336. The summed E-state index contributed by atoms with van der Waals surface area (Å²) < 4.78 is 46.6. The summed E-state index contributed by atoms with van der Waals surface area (Å²) in [5.74, 6) is -0.103. The van der Waals surface area contributed by atoms with E-state index in [0.717, 1.165) is 0 Å². The maximum atomic E-state index is 13.2. The number of anilines is 1. The number of aromatic amines is 1. The molecule has 2 heterocycles. The number of nitrogens with zero attached hydrogens (tertiary/aromatic N) is 2. The summed E-state index contributed by atoms with van der Waals surface area (Å²) in [7, 11) is 0. The number of alkyl halides is 2. The van der Waals surface area contributed by atoms with Crippen molar-refractivity contribution in [3.8, 4) is 5.88 Å². The number of hydrogen-bond acceptors (Lipinski definition) is 6. The van der Waals surface area contributed by atoms with Crippen LogP contribution in [0.15, 0.2) is 36.5 Å². The fourth-order valence-electron chi connectivity index (χ4n) is 2.95. The van der Waals surface area contributed by atoms with Gasteiger partial charge in [-0.15, -0.1) is 5.10 Å². The van der Waals surface area contributed by atoms with Gasteiger partial charge in [0.15, 0.2) is 0 Å². The summed E-state index contributed by atoms with van der Waals surface area (Å²) in [6.45, 7) is -0.284. The number of aromatic nitrogens is 3. The van der Waals surface area contributed by atoms with Crippen LogP contribution in [0.4, 0.5) is 23.8 Å². The van der Waals surface area contributed by atoms with Crippen molar-refractivity contribution in [1.29, 1.82) is 0 Å². The molecular weight excluding hydrogens is 431 g/mol. The smallest absolute Gasteiger partial charge is 0.345 e. The Morgan fingerprint density at radius 1 is 1.25 bits per heavy atom. The maximum absolute atomic E-state index is 13.2. The van der Waals surface area contributed by atoms with Gasteiger partial charge in [-0.1, -0.05) is 12.1 Å². The molecule has 0 aliphatic carbocycles. The molecule has 12 heteroatoms. The Bertz CT molecular complexity index is 1050. The van der Waals surface area contributed by atoms with E-state index in [0.29, 0.717) is 16.5 Å². The zero-order valence-electron chi connectivity index (χ0n) is 17.2. The zero-order chi connectivity index (χ0) is 23.3. The van der Waals surface area contributed by atoms with E-state index in [1.807, 2.05) is 0 Å². The molecular formula is C20H22F3N5O4. The van der Waals surface area contributed by atoms with Gasteiger partial charge in [0.05, 0.1) is 29.2 Å². The van der Waals surface area contributed by atoms with Crippen LogP contribution in [0.25, 0.3) is 10.9 Å². The largest absolute Gasteiger partial charge is 0.474 e. The van der Waals surface area contributed by atoms with Crippen molar-refractivity contribution in [3.05, 3.63) is 47.9 Å². The van der Waals surface area contributed by atoms with Gasteiger partial charge in [0.2, 0.25) is 5.88 Å². The van der Waals surface area contributed by atoms with Crippen LogP contribution >= 0.6 is 0 Å². The number of halogens is 3. The molecule has 1 atom stereocenters. The fourth-order valence-corrected chi connectivity index (χ4v) is 2.95. The molecule has 9 nitrogen and oxygen atoms in total. The Kier molecular flexibility index (Phi) is 7.15. The Morgan fingerprint density at radius 2 is 1.97 bits per heavy atom. The van der Waals surface area contributed by atoms with Crippen LogP contribution in [0.5, 0.6) is 5.88 Å². The number of H-pyrrole nitrogens is 1. The van der Waals surface area contributed by atoms with E-state index >= 15 is 0 Å². The number of carbonyl (C=O) groups is 1. The van der Waals surface area contributed by atoms with E-state index in [1.165, 1.54) is 50.4 Å². The Labute approximate surface area is 180 Å². The SMILES string of the molecule is CC(C)(O)[C@@H](NC(=O)Nc1cc2[nH]nc(OCCOC(F)F)c2cn1)c1ccc(F)cc1. The average molecular weight is 453 g/mol. The van der Waals surface area contributed by atoms with Gasteiger partial charge in [0.25, 0.3) is 0 Å². The summed E-state index contributed by atoms with van der Waals surface area (Å²) in [6.07, 6.45) is 1.39. The number of aliphatic hydroxyl groups is 1. The maximum Gasteiger partial charge on any atom is 0.345 e. The first kappa shape index (κ1) is 23.3. The summed E-state index contributed by atoms with van der Waals surface area (Å²) in [4.78, 5) is 16.6. The highest BCUT2D eigenvalue weighted by atomic mass is 19.3. The number of rotatable bonds is 9. The van der Waals surface area contributed by atoms with Gasteiger partial charge < -0.3 is 19.9 Å². The summed E-state index contributed by atoms with van der Waals surface area (Å²) in [5, 5.41) is 22.8. The molecule has 4 N–H and O–H groups in total. The van der Waals surface area contributed by atoms with Gasteiger partial charge in [0, 0.05) is 12.3 Å². The average Bonchev–Trinajstić information content (AvgIpc) is 3.11. The third-order valence-corrected chi connectivity index (χ3v) is 4.41. The van der Waals surface area contributed by atoms with Crippen LogP contribution in [0, 0.1) is 5.82 Å². The van der Waals surface area contributed by atoms with Crippen molar-refractivity contribution < 1.29 is 32.5 Å². The minimum absolute atomic E-state index is 0.131. The lowest BCUT2D eigenvalue weighted by Gasteiger charge is -2.30. The molecule has 3 aromatic rings. The number of carbonyl (C=O) groups excluding carboxylic acids is 1. The molecule has 0 aliphatic heterocycles. The third kappa shape index (κ3) is 6.08. The first-order valence-corrected chi connectivity index (χ1v) is 9.55. The van der Waals surface area contributed by atoms with Gasteiger partial charge >= 0.3 is 12.6 Å². The van der Waals surface area contributed by atoms with Crippen LogP contribution in [0.2, 0.25) is 0 Å². The van der Waals surface area contributed by atoms with Crippen LogP contribution in [0.1, 0.15) is 25.5 Å². The molecule has 0 spiro atoms. The van der Waals surface area contributed by atoms with Gasteiger partial charge in [-0.3, -0.25) is 10.4 Å². The first-order valence-electron chi connectivity index (χ1n) is 9.55. The minimum atomic E-state index is -2.88. The van der Waals surface area contributed by atoms with Crippen molar-refractivity contribution in [2.45, 2.75) is 32.1 Å². The van der Waals surface area contributed by atoms with Crippen molar-refractivity contribution in [3.63, 3.8) is 0 Å². The van der Waals surface area contributed by atoms with Gasteiger partial charge in [-0.05, 0) is 31.5 Å². The number of nitrogens with one attached hydrogen (secondary N) is 3. The van der Waals surface area contributed by atoms with E-state index < -0.39 is 30.1 Å². The van der Waals surface area contributed by atoms with Crippen molar-refractivity contribution in [2.75, 3.05) is 18.5 Å². The summed E-state index contributed by atoms with van der Waals surface area (Å²) >= 11 is 0. The molecule has 1 aromatic carbocycles. The normalized spacial score (nSPS) is 12.7. The minimum Gasteiger partial charge on any atom is -0.474 e. The molecule has 32 heavy (non-hydrogen) atoms. The monoisotopic (exact) mass is 453 g/mol. The molecule has 0 radical (unpaired) electrons. The molecule has 2 amide bonds. The van der Waals surface area contributed by atoms with E-state index in [1.54, 1.807) is 0 Å². The highest BCUT2D eigenvalue weighted by Gasteiger charge is 2.30. The Hall–Kier alpha value is -3.38. The lowest BCUT2D eigenvalue weighted by Crippen LogP contribution is -2.43. The molecule has 3 rings (SSSR count). The molecule has 172 valence electrons. The molecule has 0 saturated heterocycles. The van der Waals surface area contributed by atoms with E-state index in [4.69, 9.17) is 4.74 Å². The lowest BCUT2D eigenvalue weighted by atomic mass is 9.92. The number of fused-ring (bicyclic) bond motifs is 1. The molecule has 0 bridgehead atoms. The van der Waals surface area contributed by atoms with Gasteiger partial charge in [-0.2, -0.15) is 8.78 Å². The predicted molar refractivity (Wildman–Crippen MR) is 109 cm³/mol. The van der Waals surface area contributed by atoms with E-state index in [-0.39, 0.29) is 24.9 Å². The van der Waals surface area contributed by atoms with Crippen molar-refractivity contribution >= 4 is 22.8 Å². The van der Waals surface area contributed by atoms with Crippen LogP contribution in [-0.4, -0.2) is 51.7 Å². The molecule has 0 aliphatic rings. The Balaban J connectivity index is 1.66. The predicted octanol–water partition coefficient (Wildman–Crippen LogP) is 3.35. The van der Waals surface area contributed by atoms with Crippen LogP contribution in [-0.2, 0) is 4.74 Å². The van der Waals surface area contributed by atoms with E-state index in [2.05, 4.69) is 30.6 Å². The molecule has 2 aromatic heterocycles. The number of amides is 2. The standard InChI is InChI=1S/C20H22F3N5O4/c1-20(2,30)16(11-3-5-12(21)6-4-11)26-19(29)25-15-9-14-13(10-24-15)17(28-27-14)31-7-8-32-18(22)23/h3-6,9-10,16,18,30H,7-8H2,1-2H3,(H,27,28)(H2,24,25,26,29)/t16-/m0/s1. The quantitative estimate of drug-likeness (QED) is 0.369. The van der Waals surface area contributed by atoms with Crippen molar-refractivity contribution in [1.82, 2.24) is 20.5 Å². The second kappa shape index (κ2) is 9.83. The third-order valence-electron chi connectivity index (χ3n) is 4.41.